The maximum Gasteiger partial charge on any atom is 0.132 e. The minimum atomic E-state index is 0.217. The van der Waals surface area contributed by atoms with Gasteiger partial charge >= 0.3 is 0 Å². The fourth-order valence-corrected chi connectivity index (χ4v) is 1.16. The molecule has 0 spiro atoms. The third-order valence-corrected chi connectivity index (χ3v) is 1.93. The predicted octanol–water partition coefficient (Wildman–Crippen LogP) is 0.302. The van der Waals surface area contributed by atoms with Crippen LogP contribution in [-0.2, 0) is 19.9 Å². The molecule has 1 aromatic rings. The van der Waals surface area contributed by atoms with Crippen molar-refractivity contribution < 1.29 is 5.11 Å². The molecule has 1 rings (SSSR count). The highest BCUT2D eigenvalue weighted by Gasteiger charge is 2.05. The van der Waals surface area contributed by atoms with E-state index in [1.54, 1.807) is 0 Å². The monoisotopic (exact) mass is 169 g/mol. The molecule has 0 radical (unpaired) electrons. The first-order valence-electron chi connectivity index (χ1n) is 4.27. The number of aliphatic hydroxyl groups is 1. The molecule has 0 fully saturated rings. The average Bonchev–Trinajstić information content (AvgIpc) is 2.43. The molecule has 0 saturated carbocycles. The molecule has 12 heavy (non-hydrogen) atoms. The molecule has 1 N–H and O–H groups in total. The number of hydrogen-bond acceptors (Lipinski definition) is 3. The fourth-order valence-electron chi connectivity index (χ4n) is 1.16. The number of hydrogen-bond donors (Lipinski definition) is 1. The Morgan fingerprint density at radius 3 is 2.50 bits per heavy atom. The Morgan fingerprint density at radius 1 is 1.33 bits per heavy atom. The Hall–Kier alpha value is -0.900. The van der Waals surface area contributed by atoms with E-state index < -0.39 is 0 Å². The third kappa shape index (κ3) is 1.82. The Balaban J connectivity index is 2.66. The molecule has 0 atom stereocenters. The molecule has 0 aliphatic carbocycles. The van der Waals surface area contributed by atoms with Crippen molar-refractivity contribution in [3.05, 3.63) is 11.6 Å². The highest BCUT2D eigenvalue weighted by Crippen LogP contribution is 2.02. The molecular weight excluding hydrogens is 154 g/mol. The van der Waals surface area contributed by atoms with Gasteiger partial charge in [0.15, 0.2) is 0 Å². The second-order valence-corrected chi connectivity index (χ2v) is 2.77. The van der Waals surface area contributed by atoms with Crippen molar-refractivity contribution in [1.82, 2.24) is 14.8 Å². The number of nitrogens with zero attached hydrogens (tertiary/aromatic N) is 3. The molecule has 1 heterocycles. The topological polar surface area (TPSA) is 50.9 Å². The number of aromatic nitrogens is 3. The van der Waals surface area contributed by atoms with E-state index >= 15 is 0 Å². The van der Waals surface area contributed by atoms with Crippen LogP contribution in [0.1, 0.15) is 25.0 Å². The fraction of sp³-hybridized carbons (Fsp3) is 0.750. The van der Waals surface area contributed by atoms with Crippen LogP contribution in [0.25, 0.3) is 0 Å². The van der Waals surface area contributed by atoms with Crippen LogP contribution in [0.15, 0.2) is 0 Å². The van der Waals surface area contributed by atoms with E-state index in [-0.39, 0.29) is 6.61 Å². The molecule has 4 heteroatoms. The third-order valence-electron chi connectivity index (χ3n) is 1.93. The second kappa shape index (κ2) is 4.21. The van der Waals surface area contributed by atoms with Crippen LogP contribution in [-0.4, -0.2) is 26.5 Å². The van der Waals surface area contributed by atoms with Crippen LogP contribution in [0.4, 0.5) is 0 Å². The van der Waals surface area contributed by atoms with Crippen LogP contribution < -0.4 is 0 Å². The number of aliphatic hydroxyl groups excluding tert-OH is 1. The summed E-state index contributed by atoms with van der Waals surface area (Å²) in [7, 11) is 1.96. The molecule has 0 bridgehead atoms. The maximum absolute atomic E-state index is 8.63. The Labute approximate surface area is 72.2 Å². The minimum Gasteiger partial charge on any atom is -0.396 e. The van der Waals surface area contributed by atoms with Gasteiger partial charge in [0, 0.05) is 26.5 Å². The van der Waals surface area contributed by atoms with Gasteiger partial charge in [0.05, 0.1) is 0 Å². The molecule has 1 aromatic heterocycles. The molecule has 0 amide bonds. The molecule has 0 aliphatic rings. The van der Waals surface area contributed by atoms with Crippen molar-refractivity contribution in [2.75, 3.05) is 6.61 Å². The summed E-state index contributed by atoms with van der Waals surface area (Å²) in [6, 6.07) is 0. The highest BCUT2D eigenvalue weighted by atomic mass is 16.2. The molecule has 4 nitrogen and oxygen atoms in total. The minimum absolute atomic E-state index is 0.217. The first-order valence-corrected chi connectivity index (χ1v) is 4.27. The Bertz CT molecular complexity index is 244. The van der Waals surface area contributed by atoms with Crippen molar-refractivity contribution >= 4 is 0 Å². The first kappa shape index (κ1) is 9.19. The van der Waals surface area contributed by atoms with Crippen molar-refractivity contribution in [2.45, 2.75) is 26.2 Å². The summed E-state index contributed by atoms with van der Waals surface area (Å²) < 4.78 is 2.00. The van der Waals surface area contributed by atoms with Crippen LogP contribution in [0.3, 0.4) is 0 Å². The van der Waals surface area contributed by atoms with Gasteiger partial charge in [0.25, 0.3) is 0 Å². The van der Waals surface area contributed by atoms with E-state index in [1.165, 1.54) is 0 Å². The van der Waals surface area contributed by atoms with E-state index in [0.717, 1.165) is 30.9 Å². The Kier molecular flexibility index (Phi) is 3.22. The van der Waals surface area contributed by atoms with Gasteiger partial charge in [-0.05, 0) is 6.42 Å². The molecule has 0 aromatic carbocycles. The van der Waals surface area contributed by atoms with E-state index in [1.807, 2.05) is 11.6 Å². The SMILES string of the molecule is CCc1nnc(CCCO)n1C. The molecule has 0 aliphatic heterocycles. The summed E-state index contributed by atoms with van der Waals surface area (Å²) in [5.41, 5.74) is 0. The maximum atomic E-state index is 8.63. The van der Waals surface area contributed by atoms with Gasteiger partial charge in [-0.25, -0.2) is 0 Å². The zero-order chi connectivity index (χ0) is 8.97. The van der Waals surface area contributed by atoms with Crippen LogP contribution in [0, 0.1) is 0 Å². The van der Waals surface area contributed by atoms with Crippen molar-refractivity contribution in [3.8, 4) is 0 Å². The number of rotatable bonds is 4. The van der Waals surface area contributed by atoms with Gasteiger partial charge in [-0.1, -0.05) is 6.92 Å². The Morgan fingerprint density at radius 2 is 2.00 bits per heavy atom. The van der Waals surface area contributed by atoms with E-state index in [0.29, 0.717) is 0 Å². The first-order chi connectivity index (χ1) is 5.79. The molecular formula is C8H15N3O. The van der Waals surface area contributed by atoms with Crippen molar-refractivity contribution in [1.29, 1.82) is 0 Å². The lowest BCUT2D eigenvalue weighted by Crippen LogP contribution is -2.02. The van der Waals surface area contributed by atoms with Gasteiger partial charge in [0.1, 0.15) is 11.6 Å². The van der Waals surface area contributed by atoms with Gasteiger partial charge in [-0.3, -0.25) is 0 Å². The molecule has 0 saturated heterocycles. The molecule has 0 unspecified atom stereocenters. The lowest BCUT2D eigenvalue weighted by molar-refractivity contribution is 0.287. The van der Waals surface area contributed by atoms with Crippen LogP contribution >= 0.6 is 0 Å². The quantitative estimate of drug-likeness (QED) is 0.705. The lowest BCUT2D eigenvalue weighted by atomic mass is 10.3. The van der Waals surface area contributed by atoms with Crippen molar-refractivity contribution in [3.63, 3.8) is 0 Å². The molecule has 68 valence electrons. The lowest BCUT2D eigenvalue weighted by Gasteiger charge is -2.00. The predicted molar refractivity (Wildman–Crippen MR) is 45.8 cm³/mol. The highest BCUT2D eigenvalue weighted by molar-refractivity contribution is 4.94. The summed E-state index contributed by atoms with van der Waals surface area (Å²) in [6.45, 7) is 2.27. The standard InChI is InChI=1S/C8H15N3O/c1-3-7-9-10-8(11(7)2)5-4-6-12/h12H,3-6H2,1-2H3. The summed E-state index contributed by atoms with van der Waals surface area (Å²) in [5, 5.41) is 16.7. The average molecular weight is 169 g/mol. The summed E-state index contributed by atoms with van der Waals surface area (Å²) in [5.74, 6) is 1.96. The van der Waals surface area contributed by atoms with Gasteiger partial charge in [0.2, 0.25) is 0 Å². The number of aryl methyl sites for hydroxylation is 2. The van der Waals surface area contributed by atoms with E-state index in [4.69, 9.17) is 5.11 Å². The van der Waals surface area contributed by atoms with Gasteiger partial charge < -0.3 is 9.67 Å². The zero-order valence-corrected chi connectivity index (χ0v) is 7.62. The van der Waals surface area contributed by atoms with Crippen molar-refractivity contribution in [2.24, 2.45) is 7.05 Å². The largest absolute Gasteiger partial charge is 0.396 e. The van der Waals surface area contributed by atoms with E-state index in [9.17, 15) is 0 Å². The van der Waals surface area contributed by atoms with Crippen LogP contribution in [0.5, 0.6) is 0 Å². The summed E-state index contributed by atoms with van der Waals surface area (Å²) in [6.07, 6.45) is 2.47. The van der Waals surface area contributed by atoms with Crippen LogP contribution in [0.2, 0.25) is 0 Å². The zero-order valence-electron chi connectivity index (χ0n) is 7.62. The van der Waals surface area contributed by atoms with Gasteiger partial charge in [-0.2, -0.15) is 0 Å². The smallest absolute Gasteiger partial charge is 0.132 e. The summed E-state index contributed by atoms with van der Waals surface area (Å²) in [4.78, 5) is 0. The normalized spacial score (nSPS) is 10.6. The second-order valence-electron chi connectivity index (χ2n) is 2.77. The summed E-state index contributed by atoms with van der Waals surface area (Å²) >= 11 is 0. The van der Waals surface area contributed by atoms with Gasteiger partial charge in [-0.15, -0.1) is 10.2 Å². The van der Waals surface area contributed by atoms with E-state index in [2.05, 4.69) is 17.1 Å².